The van der Waals surface area contributed by atoms with Gasteiger partial charge in [0.1, 0.15) is 12.2 Å². The number of hydrogen-bond donors (Lipinski definition) is 2. The molecule has 0 unspecified atom stereocenters. The molecule has 2 heterocycles. The zero-order valence-electron chi connectivity index (χ0n) is 15.6. The predicted octanol–water partition coefficient (Wildman–Crippen LogP) is 4.31. The Kier molecular flexibility index (Phi) is 7.19. The van der Waals surface area contributed by atoms with Gasteiger partial charge in [0.2, 0.25) is 0 Å². The van der Waals surface area contributed by atoms with Crippen LogP contribution in [0.2, 0.25) is 9.36 Å². The number of amides is 1. The van der Waals surface area contributed by atoms with Crippen LogP contribution in [0.1, 0.15) is 42.4 Å². The first kappa shape index (κ1) is 22.1. The fourth-order valence-corrected chi connectivity index (χ4v) is 4.98. The molecule has 4 atom stereocenters. The molecule has 1 aliphatic heterocycles. The standard InChI is InChI=1S/C20H21Cl2NO5S/c1-2-13(10-24)23-18(15-6-7-16(22)29-15)19(11-4-3-5-12(21)8-11)28-14(20(23)27)9-17(25)26/h3-8,13-14,18-19,24H,2,9-10H2,1H3,(H,25,26)/t13-,14+,18+,19+/m0/s1. The molecule has 0 bridgehead atoms. The monoisotopic (exact) mass is 457 g/mol. The van der Waals surface area contributed by atoms with Crippen molar-refractivity contribution in [1.29, 1.82) is 0 Å². The minimum absolute atomic E-state index is 0.250. The SMILES string of the molecule is CC[C@@H](CO)N1C(=O)[C@@H](CC(=O)O)O[C@H](c2cccc(Cl)c2)[C@H]1c1ccc(Cl)s1. The molecule has 29 heavy (non-hydrogen) atoms. The number of carbonyl (C=O) groups is 2. The Morgan fingerprint density at radius 1 is 1.31 bits per heavy atom. The summed E-state index contributed by atoms with van der Waals surface area (Å²) in [6, 6.07) is 9.56. The second-order valence-corrected chi connectivity index (χ2v) is 8.96. The van der Waals surface area contributed by atoms with Gasteiger partial charge in [-0.2, -0.15) is 0 Å². The second-order valence-electron chi connectivity index (χ2n) is 6.78. The number of aliphatic carboxylic acids is 1. The van der Waals surface area contributed by atoms with E-state index in [1.807, 2.05) is 19.1 Å². The minimum Gasteiger partial charge on any atom is -0.481 e. The van der Waals surface area contributed by atoms with Crippen molar-refractivity contribution >= 4 is 46.4 Å². The summed E-state index contributed by atoms with van der Waals surface area (Å²) in [5.74, 6) is -1.59. The maximum absolute atomic E-state index is 13.2. The van der Waals surface area contributed by atoms with Crippen LogP contribution in [0.4, 0.5) is 0 Å². The van der Waals surface area contributed by atoms with E-state index in [2.05, 4.69) is 0 Å². The molecule has 2 aromatic rings. The summed E-state index contributed by atoms with van der Waals surface area (Å²) >= 11 is 13.6. The number of carboxylic acids is 1. The molecular weight excluding hydrogens is 437 g/mol. The molecule has 1 fully saturated rings. The van der Waals surface area contributed by atoms with Crippen LogP contribution in [-0.4, -0.2) is 45.7 Å². The molecule has 2 N–H and O–H groups in total. The summed E-state index contributed by atoms with van der Waals surface area (Å²) in [5.41, 5.74) is 0.715. The highest BCUT2D eigenvalue weighted by molar-refractivity contribution is 7.16. The highest BCUT2D eigenvalue weighted by Crippen LogP contribution is 2.46. The van der Waals surface area contributed by atoms with E-state index in [1.165, 1.54) is 11.3 Å². The van der Waals surface area contributed by atoms with Crippen LogP contribution in [0.25, 0.3) is 0 Å². The summed E-state index contributed by atoms with van der Waals surface area (Å²) in [7, 11) is 0. The number of nitrogens with zero attached hydrogens (tertiary/aromatic N) is 1. The molecule has 1 aromatic carbocycles. The lowest BCUT2D eigenvalue weighted by Gasteiger charge is -2.47. The number of morpholine rings is 1. The van der Waals surface area contributed by atoms with Gasteiger partial charge in [-0.05, 0) is 36.2 Å². The predicted molar refractivity (Wildman–Crippen MR) is 111 cm³/mol. The number of benzene rings is 1. The molecule has 0 radical (unpaired) electrons. The summed E-state index contributed by atoms with van der Waals surface area (Å²) in [6.07, 6.45) is -1.79. The van der Waals surface area contributed by atoms with Crippen molar-refractivity contribution in [3.63, 3.8) is 0 Å². The lowest BCUT2D eigenvalue weighted by atomic mass is 9.93. The molecule has 1 saturated heterocycles. The van der Waals surface area contributed by atoms with E-state index < -0.39 is 42.6 Å². The normalized spacial score (nSPS) is 23.2. The number of halogens is 2. The van der Waals surface area contributed by atoms with E-state index in [4.69, 9.17) is 27.9 Å². The molecular formula is C20H21Cl2NO5S. The Labute approximate surface area is 182 Å². The van der Waals surface area contributed by atoms with Gasteiger partial charge >= 0.3 is 5.97 Å². The van der Waals surface area contributed by atoms with E-state index in [1.54, 1.807) is 29.2 Å². The number of aliphatic hydroxyl groups is 1. The Balaban J connectivity index is 2.14. The Bertz CT molecular complexity index is 885. The maximum atomic E-state index is 13.2. The van der Waals surface area contributed by atoms with Crippen LogP contribution in [0, 0.1) is 0 Å². The summed E-state index contributed by atoms with van der Waals surface area (Å²) in [6.45, 7) is 1.61. The lowest BCUT2D eigenvalue weighted by molar-refractivity contribution is -0.184. The quantitative estimate of drug-likeness (QED) is 0.646. The third-order valence-electron chi connectivity index (χ3n) is 4.93. The first-order valence-electron chi connectivity index (χ1n) is 9.16. The molecule has 6 nitrogen and oxygen atoms in total. The van der Waals surface area contributed by atoms with E-state index in [0.717, 1.165) is 4.88 Å². The lowest BCUT2D eigenvalue weighted by Crippen LogP contribution is -2.55. The molecule has 0 aliphatic carbocycles. The van der Waals surface area contributed by atoms with E-state index >= 15 is 0 Å². The largest absolute Gasteiger partial charge is 0.481 e. The van der Waals surface area contributed by atoms with Gasteiger partial charge < -0.3 is 19.8 Å². The maximum Gasteiger partial charge on any atom is 0.306 e. The van der Waals surface area contributed by atoms with Crippen molar-refractivity contribution in [1.82, 2.24) is 4.90 Å². The molecule has 3 rings (SSSR count). The third-order valence-corrected chi connectivity index (χ3v) is 6.46. The van der Waals surface area contributed by atoms with Crippen LogP contribution < -0.4 is 0 Å². The average Bonchev–Trinajstić information content (AvgIpc) is 3.10. The van der Waals surface area contributed by atoms with Crippen LogP contribution >= 0.6 is 34.5 Å². The molecule has 0 spiro atoms. The number of carboxylic acid groups (broad SMARTS) is 1. The minimum atomic E-state index is -1.16. The highest BCUT2D eigenvalue weighted by Gasteiger charge is 2.47. The molecule has 0 saturated carbocycles. The Morgan fingerprint density at radius 3 is 2.62 bits per heavy atom. The fraction of sp³-hybridized carbons (Fsp3) is 0.400. The number of carbonyl (C=O) groups excluding carboxylic acids is 1. The Hall–Kier alpha value is -1.64. The first-order valence-corrected chi connectivity index (χ1v) is 10.7. The molecule has 1 amide bonds. The zero-order valence-corrected chi connectivity index (χ0v) is 18.0. The number of rotatable bonds is 7. The van der Waals surface area contributed by atoms with E-state index in [0.29, 0.717) is 21.3 Å². The van der Waals surface area contributed by atoms with Crippen molar-refractivity contribution in [3.05, 3.63) is 56.2 Å². The van der Waals surface area contributed by atoms with Crippen molar-refractivity contribution in [2.75, 3.05) is 6.61 Å². The number of aliphatic hydroxyl groups excluding tert-OH is 1. The first-order chi connectivity index (χ1) is 13.8. The Morgan fingerprint density at radius 2 is 2.07 bits per heavy atom. The van der Waals surface area contributed by atoms with Gasteiger partial charge in [-0.1, -0.05) is 42.3 Å². The van der Waals surface area contributed by atoms with Crippen molar-refractivity contribution in [2.45, 2.75) is 44.1 Å². The molecule has 1 aromatic heterocycles. The van der Waals surface area contributed by atoms with Gasteiger partial charge in [0.05, 0.1) is 29.4 Å². The topological polar surface area (TPSA) is 87.1 Å². The third kappa shape index (κ3) is 4.75. The van der Waals surface area contributed by atoms with Gasteiger partial charge in [-0.15, -0.1) is 11.3 Å². The van der Waals surface area contributed by atoms with Crippen molar-refractivity contribution < 1.29 is 24.5 Å². The number of ether oxygens (including phenoxy) is 1. The van der Waals surface area contributed by atoms with Gasteiger partial charge in [-0.25, -0.2) is 0 Å². The number of hydrogen-bond acceptors (Lipinski definition) is 5. The molecule has 156 valence electrons. The van der Waals surface area contributed by atoms with Crippen molar-refractivity contribution in [3.8, 4) is 0 Å². The van der Waals surface area contributed by atoms with Gasteiger partial charge in [-0.3, -0.25) is 9.59 Å². The van der Waals surface area contributed by atoms with Crippen LogP contribution in [-0.2, 0) is 14.3 Å². The average molecular weight is 458 g/mol. The smallest absolute Gasteiger partial charge is 0.306 e. The van der Waals surface area contributed by atoms with Crippen LogP contribution in [0.15, 0.2) is 36.4 Å². The fourth-order valence-electron chi connectivity index (χ4n) is 3.59. The zero-order chi connectivity index (χ0) is 21.1. The van der Waals surface area contributed by atoms with Gasteiger partial charge in [0.15, 0.2) is 0 Å². The summed E-state index contributed by atoms with van der Waals surface area (Å²) < 4.78 is 6.60. The number of thiophene rings is 1. The van der Waals surface area contributed by atoms with Crippen LogP contribution in [0.3, 0.4) is 0 Å². The highest BCUT2D eigenvalue weighted by atomic mass is 35.5. The summed E-state index contributed by atoms with van der Waals surface area (Å²) in [5, 5.41) is 19.7. The van der Waals surface area contributed by atoms with Gasteiger partial charge in [0, 0.05) is 9.90 Å². The molecule has 9 heteroatoms. The van der Waals surface area contributed by atoms with Gasteiger partial charge in [0.25, 0.3) is 5.91 Å². The van der Waals surface area contributed by atoms with E-state index in [9.17, 15) is 19.8 Å². The van der Waals surface area contributed by atoms with E-state index in [-0.39, 0.29) is 6.61 Å². The van der Waals surface area contributed by atoms with Crippen LogP contribution in [0.5, 0.6) is 0 Å². The molecule has 1 aliphatic rings. The van der Waals surface area contributed by atoms with Crippen molar-refractivity contribution in [2.24, 2.45) is 0 Å². The summed E-state index contributed by atoms with van der Waals surface area (Å²) in [4.78, 5) is 26.9. The second kappa shape index (κ2) is 9.45.